The lowest BCUT2D eigenvalue weighted by molar-refractivity contribution is -0.0129. The molecule has 4 nitrogen and oxygen atoms in total. The lowest BCUT2D eigenvalue weighted by atomic mass is 9.76. The topological polar surface area (TPSA) is 53.5 Å². The van der Waals surface area contributed by atoms with Crippen LogP contribution in [0.4, 0.5) is 0 Å². The van der Waals surface area contributed by atoms with E-state index < -0.39 is 5.72 Å². The van der Waals surface area contributed by atoms with Crippen LogP contribution in [0.15, 0.2) is 36.4 Å². The van der Waals surface area contributed by atoms with Gasteiger partial charge in [0.15, 0.2) is 10.8 Å². The van der Waals surface area contributed by atoms with Crippen LogP contribution >= 0.6 is 23.8 Å². The summed E-state index contributed by atoms with van der Waals surface area (Å²) in [7, 11) is 0. The molecule has 27 heavy (non-hydrogen) atoms. The Bertz CT molecular complexity index is 930. The summed E-state index contributed by atoms with van der Waals surface area (Å²) in [6, 6.07) is 11.4. The third kappa shape index (κ3) is 3.34. The third-order valence-corrected chi connectivity index (χ3v) is 5.87. The van der Waals surface area contributed by atoms with E-state index in [1.807, 2.05) is 25.1 Å². The van der Waals surface area contributed by atoms with Gasteiger partial charge in [-0.1, -0.05) is 29.8 Å². The van der Waals surface area contributed by atoms with Crippen molar-refractivity contribution in [3.05, 3.63) is 58.1 Å². The van der Waals surface area contributed by atoms with Crippen molar-refractivity contribution < 1.29 is 9.84 Å². The number of fused-ring (bicyclic) bond motifs is 1. The van der Waals surface area contributed by atoms with Gasteiger partial charge in [0.05, 0.1) is 0 Å². The molecule has 1 fully saturated rings. The van der Waals surface area contributed by atoms with Gasteiger partial charge in [-0.15, -0.1) is 0 Å². The summed E-state index contributed by atoms with van der Waals surface area (Å²) in [5, 5.41) is 18.1. The molecule has 3 N–H and O–H groups in total. The van der Waals surface area contributed by atoms with Crippen molar-refractivity contribution in [2.24, 2.45) is 0 Å². The zero-order valence-electron chi connectivity index (χ0n) is 15.6. The van der Waals surface area contributed by atoms with Gasteiger partial charge in [-0.2, -0.15) is 0 Å². The fraction of sp³-hybridized carbons (Fsp3) is 0.381. The van der Waals surface area contributed by atoms with Gasteiger partial charge in [-0.3, -0.25) is 0 Å². The number of benzene rings is 2. The Morgan fingerprint density at radius 2 is 1.96 bits per heavy atom. The summed E-state index contributed by atoms with van der Waals surface area (Å²) >= 11 is 12.0. The van der Waals surface area contributed by atoms with Crippen molar-refractivity contribution in [1.29, 1.82) is 0 Å². The number of thiocarbonyl (C=S) groups is 1. The lowest BCUT2D eigenvalue weighted by Crippen LogP contribution is -2.69. The van der Waals surface area contributed by atoms with Crippen LogP contribution in [0.3, 0.4) is 0 Å². The number of phenolic OH excluding ortho intramolecular Hbond substituents is 1. The summed E-state index contributed by atoms with van der Waals surface area (Å²) in [5.74, 6) is 0.904. The molecular formula is C21H23ClN2O2S. The fourth-order valence-electron chi connectivity index (χ4n) is 4.52. The molecule has 1 saturated heterocycles. The molecule has 2 unspecified atom stereocenters. The maximum absolute atomic E-state index is 10.2. The Morgan fingerprint density at radius 3 is 2.67 bits per heavy atom. The van der Waals surface area contributed by atoms with Gasteiger partial charge in [0.25, 0.3) is 0 Å². The Labute approximate surface area is 169 Å². The minimum atomic E-state index is -0.664. The Balaban J connectivity index is 1.89. The van der Waals surface area contributed by atoms with Gasteiger partial charge in [0, 0.05) is 41.0 Å². The van der Waals surface area contributed by atoms with Crippen LogP contribution in [-0.4, -0.2) is 21.5 Å². The number of halogens is 1. The fourth-order valence-corrected chi connectivity index (χ4v) is 5.25. The quantitative estimate of drug-likeness (QED) is 0.608. The number of aromatic hydroxyl groups is 1. The number of aryl methyl sites for hydroxylation is 1. The predicted molar refractivity (Wildman–Crippen MR) is 112 cm³/mol. The van der Waals surface area contributed by atoms with E-state index in [0.717, 1.165) is 28.1 Å². The average Bonchev–Trinajstić information content (AvgIpc) is 2.51. The molecule has 2 heterocycles. The highest BCUT2D eigenvalue weighted by molar-refractivity contribution is 7.80. The highest BCUT2D eigenvalue weighted by Crippen LogP contribution is 2.50. The number of hydrogen-bond acceptors (Lipinski definition) is 3. The zero-order chi connectivity index (χ0) is 19.4. The van der Waals surface area contributed by atoms with Gasteiger partial charge in [-0.05, 0) is 56.2 Å². The SMILES string of the molecule is Cc1cc(O)cc2c1C(c1ccccc1Cl)CC1(CC(C)(C)NC(=S)N1)O2. The van der Waals surface area contributed by atoms with E-state index in [1.54, 1.807) is 12.1 Å². The van der Waals surface area contributed by atoms with Gasteiger partial charge < -0.3 is 20.5 Å². The molecule has 2 aliphatic heterocycles. The first-order valence-corrected chi connectivity index (χ1v) is 9.84. The molecule has 0 aliphatic carbocycles. The van der Waals surface area contributed by atoms with Crippen LogP contribution in [0.1, 0.15) is 49.3 Å². The van der Waals surface area contributed by atoms with Gasteiger partial charge in [0.2, 0.25) is 0 Å². The van der Waals surface area contributed by atoms with E-state index in [9.17, 15) is 5.11 Å². The predicted octanol–water partition coefficient (Wildman–Crippen LogP) is 4.61. The molecule has 0 saturated carbocycles. The molecule has 0 amide bonds. The minimum Gasteiger partial charge on any atom is -0.508 e. The number of rotatable bonds is 1. The van der Waals surface area contributed by atoms with Gasteiger partial charge in [0.1, 0.15) is 11.5 Å². The van der Waals surface area contributed by atoms with Crippen molar-refractivity contribution in [3.8, 4) is 11.5 Å². The monoisotopic (exact) mass is 402 g/mol. The third-order valence-electron chi connectivity index (χ3n) is 5.32. The average molecular weight is 403 g/mol. The van der Waals surface area contributed by atoms with E-state index in [2.05, 4.69) is 30.5 Å². The molecule has 6 heteroatoms. The summed E-state index contributed by atoms with van der Waals surface area (Å²) in [6.45, 7) is 6.21. The Hall–Kier alpha value is -1.98. The van der Waals surface area contributed by atoms with Crippen LogP contribution < -0.4 is 15.4 Å². The Morgan fingerprint density at radius 1 is 1.22 bits per heavy atom. The van der Waals surface area contributed by atoms with E-state index in [0.29, 0.717) is 17.3 Å². The van der Waals surface area contributed by atoms with E-state index in [4.69, 9.17) is 28.6 Å². The molecule has 142 valence electrons. The number of phenols is 1. The molecule has 1 spiro atoms. The zero-order valence-corrected chi connectivity index (χ0v) is 17.2. The molecular weight excluding hydrogens is 380 g/mol. The highest BCUT2D eigenvalue weighted by Gasteiger charge is 2.49. The number of ether oxygens (including phenoxy) is 1. The van der Waals surface area contributed by atoms with E-state index >= 15 is 0 Å². The number of nitrogens with one attached hydrogen (secondary N) is 2. The van der Waals surface area contributed by atoms with Crippen LogP contribution in [0.5, 0.6) is 11.5 Å². The molecule has 0 radical (unpaired) electrons. The summed E-state index contributed by atoms with van der Waals surface area (Å²) < 4.78 is 6.48. The maximum Gasteiger partial charge on any atom is 0.185 e. The maximum atomic E-state index is 10.2. The molecule has 2 atom stereocenters. The van der Waals surface area contributed by atoms with Crippen LogP contribution in [0.25, 0.3) is 0 Å². The smallest absolute Gasteiger partial charge is 0.185 e. The van der Waals surface area contributed by atoms with Crippen molar-refractivity contribution in [2.45, 2.75) is 50.8 Å². The largest absolute Gasteiger partial charge is 0.508 e. The van der Waals surface area contributed by atoms with Gasteiger partial charge >= 0.3 is 0 Å². The second kappa shape index (κ2) is 6.28. The van der Waals surface area contributed by atoms with E-state index in [1.165, 1.54) is 0 Å². The highest BCUT2D eigenvalue weighted by atomic mass is 35.5. The van der Waals surface area contributed by atoms with Crippen LogP contribution in [0.2, 0.25) is 5.02 Å². The molecule has 0 bridgehead atoms. The number of hydrogen-bond donors (Lipinski definition) is 3. The van der Waals surface area contributed by atoms with Crippen LogP contribution in [-0.2, 0) is 0 Å². The first kappa shape index (κ1) is 18.4. The molecule has 2 aromatic rings. The van der Waals surface area contributed by atoms with Crippen molar-refractivity contribution in [2.75, 3.05) is 0 Å². The second-order valence-corrected chi connectivity index (χ2v) is 9.00. The summed E-state index contributed by atoms with van der Waals surface area (Å²) in [6.07, 6.45) is 1.41. The first-order valence-electron chi connectivity index (χ1n) is 9.05. The van der Waals surface area contributed by atoms with Crippen molar-refractivity contribution in [1.82, 2.24) is 10.6 Å². The van der Waals surface area contributed by atoms with E-state index in [-0.39, 0.29) is 17.2 Å². The molecule has 0 aromatic heterocycles. The van der Waals surface area contributed by atoms with Gasteiger partial charge in [-0.25, -0.2) is 0 Å². The first-order chi connectivity index (χ1) is 12.7. The summed E-state index contributed by atoms with van der Waals surface area (Å²) in [4.78, 5) is 0. The second-order valence-electron chi connectivity index (χ2n) is 8.19. The lowest BCUT2D eigenvalue weighted by Gasteiger charge is -2.50. The molecule has 2 aromatic carbocycles. The normalized spacial score (nSPS) is 25.9. The molecule has 2 aliphatic rings. The Kier molecular flexibility index (Phi) is 4.28. The van der Waals surface area contributed by atoms with Crippen molar-refractivity contribution in [3.63, 3.8) is 0 Å². The summed E-state index contributed by atoms with van der Waals surface area (Å²) in [5.41, 5.74) is 2.23. The van der Waals surface area contributed by atoms with Crippen LogP contribution in [0, 0.1) is 6.92 Å². The van der Waals surface area contributed by atoms with Crippen molar-refractivity contribution >= 4 is 28.9 Å². The molecule has 4 rings (SSSR count). The minimum absolute atomic E-state index is 0.0345. The standard InChI is InChI=1S/C21H23ClN2O2S/c1-12-8-13(25)9-17-18(12)15(14-6-4-5-7-16(14)22)10-21(26-17)11-20(2,3)23-19(27)24-21/h4-9,15,25H,10-11H2,1-3H3,(H2,23,24,27).